The Morgan fingerprint density at radius 2 is 1.61 bits per heavy atom. The van der Waals surface area contributed by atoms with Crippen LogP contribution in [0.1, 0.15) is 48.9 Å². The molecule has 2 aromatic carbocycles. The van der Waals surface area contributed by atoms with Crippen LogP contribution in [0.25, 0.3) is 0 Å². The first-order valence-electron chi connectivity index (χ1n) is 6.92. The van der Waals surface area contributed by atoms with Gasteiger partial charge in [0.1, 0.15) is 0 Å². The first-order valence-corrected chi connectivity index (χ1v) is 6.92. The Labute approximate surface area is 111 Å². The van der Waals surface area contributed by atoms with Crippen LogP contribution in [-0.2, 0) is 12.8 Å². The predicted molar refractivity (Wildman–Crippen MR) is 79.2 cm³/mol. The van der Waals surface area contributed by atoms with Crippen LogP contribution < -0.4 is 0 Å². The lowest BCUT2D eigenvalue weighted by atomic mass is 9.87. The third-order valence-electron chi connectivity index (χ3n) is 3.76. The Balaban J connectivity index is 2.38. The van der Waals surface area contributed by atoms with Crippen molar-refractivity contribution in [2.24, 2.45) is 0 Å². The molecule has 2 rings (SSSR count). The van der Waals surface area contributed by atoms with Gasteiger partial charge in [-0.25, -0.2) is 0 Å². The fourth-order valence-electron chi connectivity index (χ4n) is 2.53. The summed E-state index contributed by atoms with van der Waals surface area (Å²) in [5.74, 6) is 0.479. The molecule has 0 amide bonds. The molecule has 0 fully saturated rings. The van der Waals surface area contributed by atoms with Crippen LogP contribution in [0.3, 0.4) is 0 Å². The van der Waals surface area contributed by atoms with E-state index >= 15 is 0 Å². The highest BCUT2D eigenvalue weighted by Gasteiger charge is 2.11. The van der Waals surface area contributed by atoms with Crippen molar-refractivity contribution in [1.29, 1.82) is 0 Å². The van der Waals surface area contributed by atoms with Crippen molar-refractivity contribution < 1.29 is 0 Å². The van der Waals surface area contributed by atoms with Crippen molar-refractivity contribution in [3.05, 3.63) is 70.8 Å². The SMILES string of the molecule is CCc1ccc(C(C)c2ccccc2)c(CC)c1. The monoisotopic (exact) mass is 238 g/mol. The van der Waals surface area contributed by atoms with Crippen LogP contribution in [0.5, 0.6) is 0 Å². The third-order valence-corrected chi connectivity index (χ3v) is 3.76. The van der Waals surface area contributed by atoms with Gasteiger partial charge in [-0.3, -0.25) is 0 Å². The minimum atomic E-state index is 0.479. The van der Waals surface area contributed by atoms with E-state index in [2.05, 4.69) is 69.3 Å². The van der Waals surface area contributed by atoms with Crippen molar-refractivity contribution >= 4 is 0 Å². The number of aryl methyl sites for hydroxylation is 2. The first kappa shape index (κ1) is 12.9. The predicted octanol–water partition coefficient (Wildman–Crippen LogP) is 4.96. The van der Waals surface area contributed by atoms with Crippen LogP contribution >= 0.6 is 0 Å². The molecule has 0 radical (unpaired) electrons. The summed E-state index contributed by atoms with van der Waals surface area (Å²) in [5, 5.41) is 0. The molecule has 0 aliphatic rings. The van der Waals surface area contributed by atoms with Gasteiger partial charge in [0, 0.05) is 5.92 Å². The summed E-state index contributed by atoms with van der Waals surface area (Å²) in [5.41, 5.74) is 5.80. The molecule has 94 valence electrons. The maximum atomic E-state index is 2.37. The maximum Gasteiger partial charge on any atom is 0.00637 e. The van der Waals surface area contributed by atoms with E-state index in [4.69, 9.17) is 0 Å². The summed E-state index contributed by atoms with van der Waals surface area (Å²) in [6, 6.07) is 17.7. The highest BCUT2D eigenvalue weighted by atomic mass is 14.2. The highest BCUT2D eigenvalue weighted by molar-refractivity contribution is 5.39. The Hall–Kier alpha value is -1.56. The maximum absolute atomic E-state index is 2.37. The van der Waals surface area contributed by atoms with Crippen LogP contribution in [0, 0.1) is 0 Å². The zero-order chi connectivity index (χ0) is 13.0. The van der Waals surface area contributed by atoms with E-state index < -0.39 is 0 Å². The zero-order valence-corrected chi connectivity index (χ0v) is 11.6. The van der Waals surface area contributed by atoms with E-state index in [0.717, 1.165) is 12.8 Å². The lowest BCUT2D eigenvalue weighted by Gasteiger charge is -2.17. The summed E-state index contributed by atoms with van der Waals surface area (Å²) in [7, 11) is 0. The fourth-order valence-corrected chi connectivity index (χ4v) is 2.53. The molecule has 0 aliphatic heterocycles. The van der Waals surface area contributed by atoms with E-state index in [1.807, 2.05) is 0 Å². The standard InChI is InChI=1S/C18H22/c1-4-15-11-12-18(16(5-2)13-15)14(3)17-9-7-6-8-10-17/h6-14H,4-5H2,1-3H3. The van der Waals surface area contributed by atoms with Crippen molar-refractivity contribution in [2.45, 2.75) is 39.5 Å². The van der Waals surface area contributed by atoms with E-state index in [1.54, 1.807) is 0 Å². The van der Waals surface area contributed by atoms with Gasteiger partial charge in [0.25, 0.3) is 0 Å². The van der Waals surface area contributed by atoms with Crippen molar-refractivity contribution in [1.82, 2.24) is 0 Å². The summed E-state index contributed by atoms with van der Waals surface area (Å²) in [6.07, 6.45) is 2.23. The fraction of sp³-hybridized carbons (Fsp3) is 0.333. The van der Waals surface area contributed by atoms with Crippen LogP contribution in [0.4, 0.5) is 0 Å². The van der Waals surface area contributed by atoms with E-state index in [1.165, 1.54) is 22.3 Å². The summed E-state index contributed by atoms with van der Waals surface area (Å²) in [4.78, 5) is 0. The second-order valence-electron chi connectivity index (χ2n) is 4.87. The first-order chi connectivity index (χ1) is 8.76. The van der Waals surface area contributed by atoms with Crippen molar-refractivity contribution in [3.63, 3.8) is 0 Å². The highest BCUT2D eigenvalue weighted by Crippen LogP contribution is 2.28. The Morgan fingerprint density at radius 1 is 0.889 bits per heavy atom. The Kier molecular flexibility index (Phi) is 4.19. The minimum Gasteiger partial charge on any atom is -0.0622 e. The molecular formula is C18H22. The van der Waals surface area contributed by atoms with Gasteiger partial charge >= 0.3 is 0 Å². The van der Waals surface area contributed by atoms with Crippen LogP contribution in [0.2, 0.25) is 0 Å². The molecule has 0 aromatic heterocycles. The van der Waals surface area contributed by atoms with Gasteiger partial charge in [-0.2, -0.15) is 0 Å². The topological polar surface area (TPSA) is 0 Å². The molecule has 1 atom stereocenters. The zero-order valence-electron chi connectivity index (χ0n) is 11.6. The number of rotatable bonds is 4. The van der Waals surface area contributed by atoms with Gasteiger partial charge < -0.3 is 0 Å². The van der Waals surface area contributed by atoms with Crippen molar-refractivity contribution in [3.8, 4) is 0 Å². The molecule has 0 aliphatic carbocycles. The van der Waals surface area contributed by atoms with Crippen LogP contribution in [-0.4, -0.2) is 0 Å². The molecule has 0 spiro atoms. The smallest absolute Gasteiger partial charge is 0.00637 e. The minimum absolute atomic E-state index is 0.479. The van der Waals surface area contributed by atoms with Gasteiger partial charge in [0.2, 0.25) is 0 Å². The normalized spacial score (nSPS) is 12.4. The summed E-state index contributed by atoms with van der Waals surface area (Å²) >= 11 is 0. The molecule has 0 nitrogen and oxygen atoms in total. The summed E-state index contributed by atoms with van der Waals surface area (Å²) < 4.78 is 0. The lowest BCUT2D eigenvalue weighted by Crippen LogP contribution is -2.01. The molecule has 0 N–H and O–H groups in total. The molecule has 0 bridgehead atoms. The van der Waals surface area contributed by atoms with E-state index in [-0.39, 0.29) is 0 Å². The average molecular weight is 238 g/mol. The molecule has 1 unspecified atom stereocenters. The van der Waals surface area contributed by atoms with Gasteiger partial charge in [-0.15, -0.1) is 0 Å². The van der Waals surface area contributed by atoms with Gasteiger partial charge in [-0.1, -0.05) is 69.3 Å². The molecule has 18 heavy (non-hydrogen) atoms. The molecule has 0 heterocycles. The molecule has 0 saturated carbocycles. The molecular weight excluding hydrogens is 216 g/mol. The third kappa shape index (κ3) is 2.64. The van der Waals surface area contributed by atoms with Crippen molar-refractivity contribution in [2.75, 3.05) is 0 Å². The van der Waals surface area contributed by atoms with Gasteiger partial charge in [0.15, 0.2) is 0 Å². The van der Waals surface area contributed by atoms with E-state index in [0.29, 0.717) is 5.92 Å². The second kappa shape index (κ2) is 5.86. The summed E-state index contributed by atoms with van der Waals surface area (Å²) in [6.45, 7) is 6.76. The number of benzene rings is 2. The average Bonchev–Trinajstić information content (AvgIpc) is 2.46. The number of hydrogen-bond acceptors (Lipinski definition) is 0. The largest absolute Gasteiger partial charge is 0.0622 e. The molecule has 0 saturated heterocycles. The molecule has 0 heteroatoms. The second-order valence-corrected chi connectivity index (χ2v) is 4.87. The van der Waals surface area contributed by atoms with Crippen LogP contribution in [0.15, 0.2) is 48.5 Å². The van der Waals surface area contributed by atoms with Gasteiger partial charge in [0.05, 0.1) is 0 Å². The quantitative estimate of drug-likeness (QED) is 0.706. The lowest BCUT2D eigenvalue weighted by molar-refractivity contribution is 0.889. The van der Waals surface area contributed by atoms with E-state index in [9.17, 15) is 0 Å². The number of hydrogen-bond donors (Lipinski definition) is 0. The Morgan fingerprint density at radius 3 is 2.22 bits per heavy atom. The van der Waals surface area contributed by atoms with Gasteiger partial charge in [-0.05, 0) is 35.1 Å². The Bertz CT molecular complexity index is 497. The molecule has 2 aromatic rings.